The zero-order chi connectivity index (χ0) is 27.8. The number of rotatable bonds is 5. The van der Waals surface area contributed by atoms with E-state index < -0.39 is 12.8 Å². The average Bonchev–Trinajstić information content (AvgIpc) is 3.72. The van der Waals surface area contributed by atoms with Crippen LogP contribution in [0, 0.1) is 23.7 Å². The number of ether oxygens (including phenoxy) is 1. The highest BCUT2D eigenvalue weighted by molar-refractivity contribution is 6.03. The highest BCUT2D eigenvalue weighted by atomic mass is 19.4. The Morgan fingerprint density at radius 1 is 0.925 bits per heavy atom. The van der Waals surface area contributed by atoms with E-state index in [-0.39, 0.29) is 35.0 Å². The van der Waals surface area contributed by atoms with Gasteiger partial charge in [0.05, 0.1) is 11.1 Å². The van der Waals surface area contributed by atoms with Crippen LogP contribution in [0.15, 0.2) is 42.6 Å². The molecule has 3 aliphatic rings. The van der Waals surface area contributed by atoms with Gasteiger partial charge in [0.25, 0.3) is 11.8 Å². The lowest BCUT2D eigenvalue weighted by atomic mass is 9.60. The van der Waals surface area contributed by atoms with Gasteiger partial charge in [-0.25, -0.2) is 0 Å². The molecular formula is C28H27F3N6O3. The van der Waals surface area contributed by atoms with Gasteiger partial charge in [0.1, 0.15) is 16.8 Å². The van der Waals surface area contributed by atoms with Crippen molar-refractivity contribution < 1.29 is 27.5 Å². The summed E-state index contributed by atoms with van der Waals surface area (Å²) in [5.41, 5.74) is 2.79. The van der Waals surface area contributed by atoms with Gasteiger partial charge in [0, 0.05) is 49.9 Å². The maximum Gasteiger partial charge on any atom is 0.422 e. The summed E-state index contributed by atoms with van der Waals surface area (Å²) in [5, 5.41) is 11.2. The van der Waals surface area contributed by atoms with Gasteiger partial charge in [-0.15, -0.1) is 0 Å². The number of likely N-dealkylation sites (tertiary alicyclic amines) is 2. The van der Waals surface area contributed by atoms with Gasteiger partial charge in [-0.2, -0.15) is 28.6 Å². The molecule has 1 aliphatic carbocycles. The van der Waals surface area contributed by atoms with E-state index in [1.165, 1.54) is 0 Å². The second kappa shape index (κ2) is 8.97. The number of aromatic nitrogens is 4. The number of halogens is 3. The van der Waals surface area contributed by atoms with E-state index in [0.717, 1.165) is 5.52 Å². The predicted octanol–water partition coefficient (Wildman–Crippen LogP) is 3.96. The molecule has 1 N–H and O–H groups in total. The molecule has 1 saturated carbocycles. The van der Waals surface area contributed by atoms with Crippen molar-refractivity contribution in [2.24, 2.45) is 23.7 Å². The zero-order valence-electron chi connectivity index (χ0n) is 21.7. The van der Waals surface area contributed by atoms with Crippen molar-refractivity contribution in [2.75, 3.05) is 32.8 Å². The van der Waals surface area contributed by atoms with Crippen LogP contribution in [0.4, 0.5) is 13.2 Å². The molecule has 2 aliphatic heterocycles. The summed E-state index contributed by atoms with van der Waals surface area (Å²) < 4.78 is 46.4. The van der Waals surface area contributed by atoms with E-state index in [2.05, 4.69) is 15.4 Å². The number of aryl methyl sites for hydroxylation is 1. The Kier molecular flexibility index (Phi) is 5.59. The molecule has 0 bridgehead atoms. The minimum atomic E-state index is -4.52. The van der Waals surface area contributed by atoms with Gasteiger partial charge in [-0.05, 0) is 67.0 Å². The average molecular weight is 553 g/mol. The number of carbonyl (C=O) groups is 2. The fourth-order valence-corrected chi connectivity index (χ4v) is 7.03. The van der Waals surface area contributed by atoms with Crippen molar-refractivity contribution in [3.63, 3.8) is 0 Å². The summed E-state index contributed by atoms with van der Waals surface area (Å²) in [6, 6.07) is 10.3. The lowest BCUT2D eigenvalue weighted by molar-refractivity contribution is -0.153. The van der Waals surface area contributed by atoms with Crippen molar-refractivity contribution in [1.82, 2.24) is 29.8 Å². The third-order valence-corrected chi connectivity index (χ3v) is 8.92. The van der Waals surface area contributed by atoms with Crippen LogP contribution in [0.25, 0.3) is 21.9 Å². The van der Waals surface area contributed by atoms with Gasteiger partial charge in [-0.1, -0.05) is 0 Å². The fourth-order valence-electron chi connectivity index (χ4n) is 7.03. The monoisotopic (exact) mass is 552 g/mol. The number of amides is 2. The van der Waals surface area contributed by atoms with E-state index in [1.54, 1.807) is 47.5 Å². The maximum atomic E-state index is 13.7. The number of nitrogens with zero attached hydrogens (tertiary/aromatic N) is 5. The summed E-state index contributed by atoms with van der Waals surface area (Å²) in [5.74, 6) is 0.735. The summed E-state index contributed by atoms with van der Waals surface area (Å²) in [6.45, 7) is 3.40. The molecule has 208 valence electrons. The molecule has 12 heteroatoms. The van der Waals surface area contributed by atoms with Gasteiger partial charge in [0.2, 0.25) is 0 Å². The highest BCUT2D eigenvalue weighted by Gasteiger charge is 2.59. The number of carbonyl (C=O) groups excluding carboxylic acids is 2. The summed E-state index contributed by atoms with van der Waals surface area (Å²) in [7, 11) is 0. The summed E-state index contributed by atoms with van der Waals surface area (Å²) >= 11 is 0. The molecule has 9 nitrogen and oxygen atoms in total. The third-order valence-electron chi connectivity index (χ3n) is 8.92. The normalized spacial score (nSPS) is 23.9. The molecule has 4 aromatic rings. The lowest BCUT2D eigenvalue weighted by Gasteiger charge is -2.42. The number of hydrogen-bond donors (Lipinski definition) is 1. The van der Waals surface area contributed by atoms with Crippen LogP contribution in [0.3, 0.4) is 0 Å². The molecular weight excluding hydrogens is 525 g/mol. The maximum absolute atomic E-state index is 13.7. The first-order valence-electron chi connectivity index (χ1n) is 13.4. The largest absolute Gasteiger partial charge is 0.483 e. The van der Waals surface area contributed by atoms with Crippen LogP contribution in [-0.2, 0) is 6.54 Å². The third kappa shape index (κ3) is 3.91. The number of H-pyrrole nitrogens is 1. The first kappa shape index (κ1) is 24.9. The number of benzene rings is 2. The number of hydrogen-bond acceptors (Lipinski definition) is 5. The van der Waals surface area contributed by atoms with Crippen molar-refractivity contribution >= 4 is 33.8 Å². The molecule has 4 atom stereocenters. The Morgan fingerprint density at radius 2 is 1.57 bits per heavy atom. The standard InChI is InChI=1S/C28H27F3N6O3/c1-2-35-8-7-16-24(35)6-4-17(25(16)40-14-28(29,30)31)27(39)37-12-20-18-10-36(11-19(18)21(20)13-37)26(38)15-3-5-22-23(9-15)33-34-32-22/h3-9,18-21H,2,10-14H2,1H3,(H,32,33,34)/t18-,19+,20+,21-. The SMILES string of the molecule is CCn1ccc2c(OCC(F)(F)F)c(C(=O)N3C[C@@H]4[C@H]5CN(C(=O)c6ccc7n[nH]nc7c6)C[C@H]5[C@@H]4C3)ccc21. The molecule has 2 aromatic carbocycles. The molecule has 0 radical (unpaired) electrons. The van der Waals surface area contributed by atoms with Crippen LogP contribution >= 0.6 is 0 Å². The van der Waals surface area contributed by atoms with Crippen molar-refractivity contribution in [2.45, 2.75) is 19.6 Å². The molecule has 0 spiro atoms. The van der Waals surface area contributed by atoms with Gasteiger partial charge in [0.15, 0.2) is 6.61 Å². The molecule has 40 heavy (non-hydrogen) atoms. The first-order chi connectivity index (χ1) is 19.2. The van der Waals surface area contributed by atoms with Gasteiger partial charge < -0.3 is 19.1 Å². The zero-order valence-corrected chi connectivity index (χ0v) is 21.7. The molecule has 0 unspecified atom stereocenters. The highest BCUT2D eigenvalue weighted by Crippen LogP contribution is 2.54. The van der Waals surface area contributed by atoms with Crippen LogP contribution in [0.2, 0.25) is 0 Å². The molecule has 7 rings (SSSR count). The van der Waals surface area contributed by atoms with E-state index in [0.29, 0.717) is 66.5 Å². The molecule has 2 saturated heterocycles. The summed E-state index contributed by atoms with van der Waals surface area (Å²) in [4.78, 5) is 30.5. The van der Waals surface area contributed by atoms with Crippen LogP contribution < -0.4 is 4.74 Å². The predicted molar refractivity (Wildman–Crippen MR) is 139 cm³/mol. The Morgan fingerprint density at radius 3 is 2.23 bits per heavy atom. The molecule has 2 amide bonds. The van der Waals surface area contributed by atoms with Crippen molar-refractivity contribution in [1.29, 1.82) is 0 Å². The molecule has 4 heterocycles. The number of nitrogens with one attached hydrogen (secondary N) is 1. The smallest absolute Gasteiger partial charge is 0.422 e. The van der Waals surface area contributed by atoms with Gasteiger partial charge in [-0.3, -0.25) is 9.59 Å². The Bertz CT molecular complexity index is 1630. The van der Waals surface area contributed by atoms with E-state index >= 15 is 0 Å². The van der Waals surface area contributed by atoms with Crippen LogP contribution in [-0.4, -0.2) is 80.6 Å². The molecule has 3 fully saturated rings. The van der Waals surface area contributed by atoms with E-state index in [1.807, 2.05) is 16.4 Å². The Labute approximate surface area is 226 Å². The van der Waals surface area contributed by atoms with Crippen molar-refractivity contribution in [3.8, 4) is 5.75 Å². The second-order valence-electron chi connectivity index (χ2n) is 11.0. The van der Waals surface area contributed by atoms with Crippen LogP contribution in [0.1, 0.15) is 27.6 Å². The van der Waals surface area contributed by atoms with Crippen molar-refractivity contribution in [3.05, 3.63) is 53.7 Å². The first-order valence-corrected chi connectivity index (χ1v) is 13.4. The quantitative estimate of drug-likeness (QED) is 0.404. The summed E-state index contributed by atoms with van der Waals surface area (Å²) in [6.07, 6.45) is -2.74. The number of fused-ring (bicyclic) bond motifs is 6. The topological polar surface area (TPSA) is 96.4 Å². The van der Waals surface area contributed by atoms with Gasteiger partial charge >= 0.3 is 6.18 Å². The lowest BCUT2D eigenvalue weighted by Crippen LogP contribution is -2.44. The second-order valence-corrected chi connectivity index (χ2v) is 11.0. The Hall–Kier alpha value is -4.09. The fraction of sp³-hybridized carbons (Fsp3) is 0.429. The minimum Gasteiger partial charge on any atom is -0.483 e. The minimum absolute atomic E-state index is 0.0210. The number of alkyl halides is 3. The Balaban J connectivity index is 1.07. The number of aromatic amines is 1. The van der Waals surface area contributed by atoms with E-state index in [9.17, 15) is 22.8 Å². The molecule has 2 aromatic heterocycles. The van der Waals surface area contributed by atoms with E-state index in [4.69, 9.17) is 4.74 Å². The van der Waals surface area contributed by atoms with Crippen LogP contribution in [0.5, 0.6) is 5.75 Å².